The fourth-order valence-corrected chi connectivity index (χ4v) is 2.97. The zero-order chi connectivity index (χ0) is 22.6. The molecule has 2 amide bonds. The van der Waals surface area contributed by atoms with Gasteiger partial charge in [-0.3, -0.25) is 14.8 Å². The predicted molar refractivity (Wildman–Crippen MR) is 114 cm³/mol. The molecule has 31 heavy (non-hydrogen) atoms. The largest absolute Gasteiger partial charge is 0.356 e. The van der Waals surface area contributed by atoms with E-state index in [4.69, 9.17) is 19.9 Å². The monoisotopic (exact) mass is 425 g/mol. The highest BCUT2D eigenvalue weighted by atomic mass is 16.7. The Balaban J connectivity index is 2.04. The van der Waals surface area contributed by atoms with Crippen LogP contribution in [0.25, 0.3) is 11.1 Å². The quantitative estimate of drug-likeness (QED) is 0.220. The van der Waals surface area contributed by atoms with E-state index in [2.05, 4.69) is 11.4 Å². The molecular weight excluding hydrogens is 398 g/mol. The first kappa shape index (κ1) is 24.0. The summed E-state index contributed by atoms with van der Waals surface area (Å²) in [5, 5.41) is 20.6. The summed E-state index contributed by atoms with van der Waals surface area (Å²) in [4.78, 5) is 24.3. The summed E-state index contributed by atoms with van der Waals surface area (Å²) in [6, 6.07) is 15.9. The molecule has 0 radical (unpaired) electrons. The Bertz CT molecular complexity index is 891. The van der Waals surface area contributed by atoms with Crippen molar-refractivity contribution in [3.63, 3.8) is 0 Å². The number of ether oxygens (including phenoxy) is 2. The molecule has 8 nitrogen and oxygen atoms in total. The lowest BCUT2D eigenvalue weighted by Crippen LogP contribution is -2.41. The Morgan fingerprint density at radius 3 is 2.23 bits per heavy atom. The van der Waals surface area contributed by atoms with Gasteiger partial charge in [-0.15, -0.1) is 0 Å². The van der Waals surface area contributed by atoms with Gasteiger partial charge in [-0.1, -0.05) is 31.2 Å². The number of amides is 2. The van der Waals surface area contributed by atoms with Crippen molar-refractivity contribution in [2.75, 3.05) is 20.0 Å². The van der Waals surface area contributed by atoms with Crippen LogP contribution in [0.4, 0.5) is 0 Å². The van der Waals surface area contributed by atoms with Crippen LogP contribution in [-0.2, 0) is 14.3 Å². The number of carbonyl (C=O) groups is 2. The number of benzene rings is 2. The molecule has 8 heteroatoms. The van der Waals surface area contributed by atoms with Crippen molar-refractivity contribution in [3.05, 3.63) is 59.7 Å². The number of nitrogens with one attached hydrogen (secondary N) is 2. The van der Waals surface area contributed by atoms with Crippen LogP contribution in [0.3, 0.4) is 0 Å². The highest BCUT2D eigenvalue weighted by Crippen LogP contribution is 2.20. The van der Waals surface area contributed by atoms with Crippen molar-refractivity contribution in [3.8, 4) is 17.2 Å². The molecule has 0 saturated heterocycles. The van der Waals surface area contributed by atoms with Gasteiger partial charge in [0.05, 0.1) is 24.3 Å². The van der Waals surface area contributed by atoms with Gasteiger partial charge < -0.3 is 14.8 Å². The first-order chi connectivity index (χ1) is 15.0. The van der Waals surface area contributed by atoms with E-state index in [1.165, 1.54) is 0 Å². The Morgan fingerprint density at radius 1 is 1.06 bits per heavy atom. The molecule has 0 fully saturated rings. The Morgan fingerprint density at radius 2 is 1.68 bits per heavy atom. The maximum absolute atomic E-state index is 12.7. The molecule has 0 saturated carbocycles. The first-order valence-electron chi connectivity index (χ1n) is 9.99. The molecule has 0 spiro atoms. The van der Waals surface area contributed by atoms with E-state index in [-0.39, 0.29) is 25.7 Å². The third-order valence-corrected chi connectivity index (χ3v) is 4.72. The van der Waals surface area contributed by atoms with E-state index >= 15 is 0 Å². The SMILES string of the molecule is CCOCOC[C@@H](C[C@@H](C)C(=O)NO)NC(=O)c1ccc(-c2ccc(C#N)cc2)cc1. The fourth-order valence-electron chi connectivity index (χ4n) is 2.97. The van der Waals surface area contributed by atoms with Crippen molar-refractivity contribution >= 4 is 11.8 Å². The van der Waals surface area contributed by atoms with Gasteiger partial charge in [0.15, 0.2) is 0 Å². The summed E-state index contributed by atoms with van der Waals surface area (Å²) >= 11 is 0. The molecule has 0 aliphatic rings. The zero-order valence-electron chi connectivity index (χ0n) is 17.6. The second kappa shape index (κ2) is 12.4. The minimum Gasteiger partial charge on any atom is -0.356 e. The molecule has 0 aliphatic carbocycles. The zero-order valence-corrected chi connectivity index (χ0v) is 17.6. The molecule has 3 N–H and O–H groups in total. The summed E-state index contributed by atoms with van der Waals surface area (Å²) in [5.74, 6) is -1.35. The van der Waals surface area contributed by atoms with E-state index in [0.29, 0.717) is 17.7 Å². The van der Waals surface area contributed by atoms with Gasteiger partial charge >= 0.3 is 0 Å². The third-order valence-electron chi connectivity index (χ3n) is 4.72. The third kappa shape index (κ3) is 7.50. The standard InChI is InChI=1S/C23H27N3O5/c1-3-30-15-31-14-21(12-16(2)22(27)26-29)25-23(28)20-10-8-19(9-11-20)18-6-4-17(13-24)5-7-18/h4-11,16,21,29H,3,12,14-15H2,1-2H3,(H,25,28)(H,26,27)/t16-,21-/m1/s1. The van der Waals surface area contributed by atoms with Gasteiger partial charge in [-0.05, 0) is 48.7 Å². The lowest BCUT2D eigenvalue weighted by atomic mass is 10.0. The number of hydroxylamine groups is 1. The van der Waals surface area contributed by atoms with Crippen LogP contribution in [0.15, 0.2) is 48.5 Å². The van der Waals surface area contributed by atoms with Crippen molar-refractivity contribution < 1.29 is 24.3 Å². The highest BCUT2D eigenvalue weighted by Gasteiger charge is 2.21. The predicted octanol–water partition coefficient (Wildman–Crippen LogP) is 2.87. The van der Waals surface area contributed by atoms with Gasteiger partial charge in [-0.2, -0.15) is 5.26 Å². The Kier molecular flexibility index (Phi) is 9.65. The summed E-state index contributed by atoms with van der Waals surface area (Å²) < 4.78 is 10.6. The van der Waals surface area contributed by atoms with Crippen LogP contribution >= 0.6 is 0 Å². The number of rotatable bonds is 11. The minimum absolute atomic E-state index is 0.0860. The molecule has 0 unspecified atom stereocenters. The van der Waals surface area contributed by atoms with E-state index in [9.17, 15) is 9.59 Å². The molecule has 164 valence electrons. The van der Waals surface area contributed by atoms with Crippen molar-refractivity contribution in [2.24, 2.45) is 5.92 Å². The molecule has 2 aromatic rings. The molecule has 2 atom stereocenters. The summed E-state index contributed by atoms with van der Waals surface area (Å²) in [6.07, 6.45) is 0.285. The summed E-state index contributed by atoms with van der Waals surface area (Å²) in [5.41, 5.74) is 4.54. The van der Waals surface area contributed by atoms with Gasteiger partial charge in [0.1, 0.15) is 6.79 Å². The number of hydrogen-bond acceptors (Lipinski definition) is 6. The van der Waals surface area contributed by atoms with Gasteiger partial charge in [0.2, 0.25) is 5.91 Å². The lowest BCUT2D eigenvalue weighted by Gasteiger charge is -2.21. The van der Waals surface area contributed by atoms with Gasteiger partial charge in [0.25, 0.3) is 5.91 Å². The number of nitriles is 1. The van der Waals surface area contributed by atoms with Crippen LogP contribution < -0.4 is 10.8 Å². The summed E-state index contributed by atoms with van der Waals surface area (Å²) in [6.45, 7) is 4.25. The number of hydrogen-bond donors (Lipinski definition) is 3. The Hall–Kier alpha value is -3.25. The van der Waals surface area contributed by atoms with Crippen molar-refractivity contribution in [1.82, 2.24) is 10.8 Å². The maximum Gasteiger partial charge on any atom is 0.251 e. The number of nitrogens with zero attached hydrogens (tertiary/aromatic N) is 1. The Labute approximate surface area is 181 Å². The molecular formula is C23H27N3O5. The first-order valence-corrected chi connectivity index (χ1v) is 9.99. The second-order valence-electron chi connectivity index (χ2n) is 7.03. The lowest BCUT2D eigenvalue weighted by molar-refractivity contribution is -0.133. The van der Waals surface area contributed by atoms with E-state index in [1.807, 2.05) is 31.2 Å². The number of carbonyl (C=O) groups excluding carboxylic acids is 2. The van der Waals surface area contributed by atoms with Crippen LogP contribution in [-0.4, -0.2) is 43.1 Å². The molecule has 0 heterocycles. The normalized spacial score (nSPS) is 12.5. The van der Waals surface area contributed by atoms with Gasteiger partial charge in [0, 0.05) is 18.1 Å². The van der Waals surface area contributed by atoms with Crippen molar-refractivity contribution in [1.29, 1.82) is 5.26 Å². The average molecular weight is 425 g/mol. The molecule has 0 aromatic heterocycles. The average Bonchev–Trinajstić information content (AvgIpc) is 2.81. The van der Waals surface area contributed by atoms with Crippen LogP contribution in [0, 0.1) is 17.2 Å². The van der Waals surface area contributed by atoms with Crippen LogP contribution in [0.1, 0.15) is 36.2 Å². The second-order valence-corrected chi connectivity index (χ2v) is 7.03. The molecule has 2 aromatic carbocycles. The smallest absolute Gasteiger partial charge is 0.251 e. The van der Waals surface area contributed by atoms with E-state index < -0.39 is 17.9 Å². The van der Waals surface area contributed by atoms with E-state index in [0.717, 1.165) is 11.1 Å². The van der Waals surface area contributed by atoms with Crippen LogP contribution in [0.2, 0.25) is 0 Å². The maximum atomic E-state index is 12.7. The fraction of sp³-hybridized carbons (Fsp3) is 0.348. The highest BCUT2D eigenvalue weighted by molar-refractivity contribution is 5.95. The van der Waals surface area contributed by atoms with Crippen LogP contribution in [0.5, 0.6) is 0 Å². The molecule has 0 aliphatic heterocycles. The van der Waals surface area contributed by atoms with Gasteiger partial charge in [-0.25, -0.2) is 5.48 Å². The molecule has 0 bridgehead atoms. The minimum atomic E-state index is -0.532. The topological polar surface area (TPSA) is 121 Å². The summed E-state index contributed by atoms with van der Waals surface area (Å²) in [7, 11) is 0. The van der Waals surface area contributed by atoms with Crippen molar-refractivity contribution in [2.45, 2.75) is 26.3 Å². The van der Waals surface area contributed by atoms with E-state index in [1.54, 1.807) is 36.7 Å². The molecule has 2 rings (SSSR count).